The monoisotopic (exact) mass is 200 g/mol. The molecule has 0 aliphatic heterocycles. The van der Waals surface area contributed by atoms with Gasteiger partial charge in [0.2, 0.25) is 0 Å². The predicted molar refractivity (Wildman–Crippen MR) is 41.4 cm³/mol. The minimum Gasteiger partial charge on any atom is -0.296 e. The van der Waals surface area contributed by atoms with Gasteiger partial charge in [-0.3, -0.25) is 9.89 Å². The summed E-state index contributed by atoms with van der Waals surface area (Å²) < 4.78 is 38.5. The summed E-state index contributed by atoms with van der Waals surface area (Å²) in [7, 11) is 0. The Balaban J connectivity index is 2.95. The first kappa shape index (κ1) is 8.74. The molecule has 1 aromatic carbocycles. The van der Waals surface area contributed by atoms with Crippen LogP contribution in [-0.2, 0) is 0 Å². The Hall–Kier alpha value is -1.85. The molecule has 2 rings (SSSR count). The Kier molecular flexibility index (Phi) is 1.77. The molecule has 0 aliphatic carbocycles. The summed E-state index contributed by atoms with van der Waals surface area (Å²) >= 11 is 0. The van der Waals surface area contributed by atoms with E-state index >= 15 is 0 Å². The fourth-order valence-electron chi connectivity index (χ4n) is 1.19. The van der Waals surface area contributed by atoms with Gasteiger partial charge in [0.25, 0.3) is 0 Å². The summed E-state index contributed by atoms with van der Waals surface area (Å²) in [5.74, 6) is -4.35. The lowest BCUT2D eigenvalue weighted by molar-refractivity contribution is 0.112. The highest BCUT2D eigenvalue weighted by Crippen LogP contribution is 2.23. The maximum atomic E-state index is 13.1. The Labute approximate surface area is 75.5 Å². The van der Waals surface area contributed by atoms with E-state index < -0.39 is 17.5 Å². The predicted octanol–water partition coefficient (Wildman–Crippen LogP) is 1.79. The maximum absolute atomic E-state index is 13.1. The molecule has 72 valence electrons. The number of nitrogens with zero attached hydrogens (tertiary/aromatic N) is 1. The van der Waals surface area contributed by atoms with Gasteiger partial charge in [-0.25, -0.2) is 13.2 Å². The van der Waals surface area contributed by atoms with Crippen molar-refractivity contribution in [3.8, 4) is 0 Å². The average molecular weight is 200 g/mol. The summed E-state index contributed by atoms with van der Waals surface area (Å²) in [5.41, 5.74) is -0.333. The first-order valence-corrected chi connectivity index (χ1v) is 3.62. The number of hydrogen-bond donors (Lipinski definition) is 1. The molecule has 0 saturated carbocycles. The van der Waals surface area contributed by atoms with E-state index in [1.54, 1.807) is 0 Å². The number of aromatic amines is 1. The number of nitrogens with one attached hydrogen (secondary N) is 1. The van der Waals surface area contributed by atoms with E-state index in [0.29, 0.717) is 0 Å². The van der Waals surface area contributed by atoms with Crippen molar-refractivity contribution in [3.05, 3.63) is 29.2 Å². The standard InChI is InChI=1S/C8H3F3N2O/c9-3-1-4-6(8(11)7(3)10)5(2-14)13-12-4/h1-2H,(H,12,13). The zero-order chi connectivity index (χ0) is 10.3. The first-order chi connectivity index (χ1) is 6.65. The quantitative estimate of drug-likeness (QED) is 0.563. The van der Waals surface area contributed by atoms with Crippen LogP contribution < -0.4 is 0 Å². The van der Waals surface area contributed by atoms with Gasteiger partial charge in [-0.15, -0.1) is 0 Å². The number of carbonyl (C=O) groups excluding carboxylic acids is 1. The average Bonchev–Trinajstić information content (AvgIpc) is 2.57. The fraction of sp³-hybridized carbons (Fsp3) is 0. The normalized spacial score (nSPS) is 10.8. The van der Waals surface area contributed by atoms with Gasteiger partial charge in [0, 0.05) is 6.07 Å². The van der Waals surface area contributed by atoms with Crippen molar-refractivity contribution >= 4 is 17.2 Å². The molecule has 1 aromatic heterocycles. The molecule has 0 bridgehead atoms. The van der Waals surface area contributed by atoms with Crippen molar-refractivity contribution in [2.75, 3.05) is 0 Å². The number of aldehydes is 1. The molecule has 14 heavy (non-hydrogen) atoms. The second-order valence-corrected chi connectivity index (χ2v) is 2.64. The minimum atomic E-state index is -1.61. The second-order valence-electron chi connectivity index (χ2n) is 2.64. The van der Waals surface area contributed by atoms with Crippen LogP contribution in [0.1, 0.15) is 10.5 Å². The Bertz CT molecular complexity index is 521. The SMILES string of the molecule is O=Cc1[nH]nc2cc(F)c(F)c(F)c12. The van der Waals surface area contributed by atoms with Gasteiger partial charge in [-0.1, -0.05) is 0 Å². The van der Waals surface area contributed by atoms with E-state index in [0.717, 1.165) is 6.07 Å². The van der Waals surface area contributed by atoms with Gasteiger partial charge in [-0.05, 0) is 0 Å². The lowest BCUT2D eigenvalue weighted by Gasteiger charge is -1.95. The van der Waals surface area contributed by atoms with Crippen molar-refractivity contribution in [2.24, 2.45) is 0 Å². The molecule has 1 heterocycles. The third-order valence-corrected chi connectivity index (χ3v) is 1.83. The van der Waals surface area contributed by atoms with Gasteiger partial charge in [0.05, 0.1) is 10.9 Å². The fourth-order valence-corrected chi connectivity index (χ4v) is 1.19. The van der Waals surface area contributed by atoms with E-state index in [4.69, 9.17) is 0 Å². The second kappa shape index (κ2) is 2.83. The number of rotatable bonds is 1. The number of hydrogen-bond acceptors (Lipinski definition) is 2. The van der Waals surface area contributed by atoms with E-state index in [-0.39, 0.29) is 22.9 Å². The van der Waals surface area contributed by atoms with Crippen LogP contribution in [0.2, 0.25) is 0 Å². The Morgan fingerprint density at radius 1 is 1.29 bits per heavy atom. The number of H-pyrrole nitrogens is 1. The molecule has 0 spiro atoms. The molecule has 0 fully saturated rings. The molecular formula is C8H3F3N2O. The smallest absolute Gasteiger partial charge is 0.195 e. The van der Waals surface area contributed by atoms with Crippen LogP contribution in [0.3, 0.4) is 0 Å². The summed E-state index contributed by atoms with van der Waals surface area (Å²) in [6.45, 7) is 0. The van der Waals surface area contributed by atoms with Gasteiger partial charge in [0.15, 0.2) is 23.7 Å². The molecule has 0 unspecified atom stereocenters. The molecular weight excluding hydrogens is 197 g/mol. The van der Waals surface area contributed by atoms with Crippen LogP contribution in [0.5, 0.6) is 0 Å². The van der Waals surface area contributed by atoms with Gasteiger partial charge < -0.3 is 0 Å². The number of benzene rings is 1. The molecule has 0 saturated heterocycles. The van der Waals surface area contributed by atoms with E-state index in [1.807, 2.05) is 0 Å². The van der Waals surface area contributed by atoms with Crippen molar-refractivity contribution in [3.63, 3.8) is 0 Å². The van der Waals surface area contributed by atoms with E-state index in [9.17, 15) is 18.0 Å². The lowest BCUT2D eigenvalue weighted by atomic mass is 10.2. The van der Waals surface area contributed by atoms with Crippen LogP contribution in [-0.4, -0.2) is 16.5 Å². The van der Waals surface area contributed by atoms with Crippen LogP contribution in [0.15, 0.2) is 6.07 Å². The largest absolute Gasteiger partial charge is 0.296 e. The van der Waals surface area contributed by atoms with Crippen molar-refractivity contribution < 1.29 is 18.0 Å². The maximum Gasteiger partial charge on any atom is 0.195 e. The van der Waals surface area contributed by atoms with Crippen molar-refractivity contribution in [2.45, 2.75) is 0 Å². The third-order valence-electron chi connectivity index (χ3n) is 1.83. The zero-order valence-electron chi connectivity index (χ0n) is 6.64. The van der Waals surface area contributed by atoms with Crippen LogP contribution in [0, 0.1) is 17.5 Å². The van der Waals surface area contributed by atoms with Crippen LogP contribution in [0.4, 0.5) is 13.2 Å². The first-order valence-electron chi connectivity index (χ1n) is 3.62. The minimum absolute atomic E-state index is 0.122. The highest BCUT2D eigenvalue weighted by Gasteiger charge is 2.18. The topological polar surface area (TPSA) is 45.8 Å². The van der Waals surface area contributed by atoms with Crippen molar-refractivity contribution in [1.82, 2.24) is 10.2 Å². The summed E-state index contributed by atoms with van der Waals surface area (Å²) in [6.07, 6.45) is 0.287. The number of fused-ring (bicyclic) bond motifs is 1. The summed E-state index contributed by atoms with van der Waals surface area (Å²) in [4.78, 5) is 10.4. The zero-order valence-corrected chi connectivity index (χ0v) is 6.64. The van der Waals surface area contributed by atoms with Crippen LogP contribution in [0.25, 0.3) is 10.9 Å². The highest BCUT2D eigenvalue weighted by atomic mass is 19.2. The van der Waals surface area contributed by atoms with E-state index in [1.165, 1.54) is 0 Å². The lowest BCUT2D eigenvalue weighted by Crippen LogP contribution is -1.92. The Morgan fingerprint density at radius 2 is 2.00 bits per heavy atom. The molecule has 2 aromatic rings. The number of carbonyl (C=O) groups is 1. The van der Waals surface area contributed by atoms with Gasteiger partial charge in [-0.2, -0.15) is 5.10 Å². The third kappa shape index (κ3) is 1.00. The van der Waals surface area contributed by atoms with Crippen LogP contribution >= 0.6 is 0 Å². The summed E-state index contributed by atoms with van der Waals surface area (Å²) in [5, 5.41) is 5.28. The number of halogens is 3. The molecule has 0 aliphatic rings. The molecule has 3 nitrogen and oxygen atoms in total. The van der Waals surface area contributed by atoms with E-state index in [2.05, 4.69) is 10.2 Å². The van der Waals surface area contributed by atoms with Gasteiger partial charge in [0.1, 0.15) is 5.69 Å². The van der Waals surface area contributed by atoms with Crippen molar-refractivity contribution in [1.29, 1.82) is 0 Å². The molecule has 0 atom stereocenters. The Morgan fingerprint density at radius 3 is 2.64 bits per heavy atom. The molecule has 0 radical (unpaired) electrons. The van der Waals surface area contributed by atoms with Gasteiger partial charge >= 0.3 is 0 Å². The molecule has 1 N–H and O–H groups in total. The number of aromatic nitrogens is 2. The molecule has 0 amide bonds. The molecule has 6 heteroatoms. The highest BCUT2D eigenvalue weighted by molar-refractivity contribution is 5.95. The summed E-state index contributed by atoms with van der Waals surface area (Å²) in [6, 6.07) is 0.719.